The molecule has 0 bridgehead atoms. The molecule has 100 valence electrons. The van der Waals surface area contributed by atoms with Crippen LogP contribution in [0.4, 0.5) is 0 Å². The van der Waals surface area contributed by atoms with Crippen molar-refractivity contribution in [3.63, 3.8) is 0 Å². The Morgan fingerprint density at radius 2 is 1.84 bits per heavy atom. The van der Waals surface area contributed by atoms with Gasteiger partial charge in [-0.15, -0.1) is 0 Å². The summed E-state index contributed by atoms with van der Waals surface area (Å²) in [7, 11) is 1.91. The second-order valence-corrected chi connectivity index (χ2v) is 5.01. The molecule has 0 atom stereocenters. The van der Waals surface area contributed by atoms with Crippen LogP contribution < -0.4 is 10.1 Å². The SMILES string of the molecule is CNCc1ccccc1OCc1cc(Cl)ccc1Cl. The highest BCUT2D eigenvalue weighted by molar-refractivity contribution is 6.33. The molecule has 2 aromatic rings. The summed E-state index contributed by atoms with van der Waals surface area (Å²) in [5.41, 5.74) is 2.00. The first-order valence-corrected chi connectivity index (χ1v) is 6.75. The average Bonchev–Trinajstić information content (AvgIpc) is 2.42. The van der Waals surface area contributed by atoms with Crippen LogP contribution in [0.5, 0.6) is 5.75 Å². The average molecular weight is 296 g/mol. The molecule has 0 aliphatic carbocycles. The van der Waals surface area contributed by atoms with Gasteiger partial charge in [0.15, 0.2) is 0 Å². The van der Waals surface area contributed by atoms with E-state index in [-0.39, 0.29) is 0 Å². The number of para-hydroxylation sites is 1. The summed E-state index contributed by atoms with van der Waals surface area (Å²) in [6.45, 7) is 1.17. The first-order valence-electron chi connectivity index (χ1n) is 6.00. The van der Waals surface area contributed by atoms with Crippen molar-refractivity contribution in [1.29, 1.82) is 0 Å². The lowest BCUT2D eigenvalue weighted by atomic mass is 10.2. The van der Waals surface area contributed by atoms with E-state index in [0.29, 0.717) is 16.7 Å². The Kier molecular flexibility index (Phi) is 5.08. The van der Waals surface area contributed by atoms with Gasteiger partial charge >= 0.3 is 0 Å². The number of ether oxygens (including phenoxy) is 1. The van der Waals surface area contributed by atoms with Crippen molar-refractivity contribution in [1.82, 2.24) is 5.32 Å². The Hall–Kier alpha value is -1.22. The molecule has 19 heavy (non-hydrogen) atoms. The number of hydrogen-bond acceptors (Lipinski definition) is 2. The van der Waals surface area contributed by atoms with Crippen LogP contribution in [-0.2, 0) is 13.2 Å². The van der Waals surface area contributed by atoms with Crippen LogP contribution >= 0.6 is 23.2 Å². The summed E-state index contributed by atoms with van der Waals surface area (Å²) in [5, 5.41) is 4.44. The number of rotatable bonds is 5. The third-order valence-corrected chi connectivity index (χ3v) is 3.33. The van der Waals surface area contributed by atoms with E-state index in [9.17, 15) is 0 Å². The summed E-state index contributed by atoms with van der Waals surface area (Å²) in [4.78, 5) is 0. The van der Waals surface area contributed by atoms with E-state index in [2.05, 4.69) is 5.32 Å². The smallest absolute Gasteiger partial charge is 0.124 e. The summed E-state index contributed by atoms with van der Waals surface area (Å²) in [6.07, 6.45) is 0. The van der Waals surface area contributed by atoms with Crippen LogP contribution in [0.15, 0.2) is 42.5 Å². The van der Waals surface area contributed by atoms with E-state index >= 15 is 0 Å². The second kappa shape index (κ2) is 6.80. The minimum atomic E-state index is 0.403. The molecule has 0 amide bonds. The molecule has 0 fully saturated rings. The molecule has 4 heteroatoms. The summed E-state index contributed by atoms with van der Waals surface area (Å²) in [5.74, 6) is 0.855. The van der Waals surface area contributed by atoms with Crippen LogP contribution in [0, 0.1) is 0 Å². The maximum absolute atomic E-state index is 6.11. The molecule has 0 spiro atoms. The molecular formula is C15H15Cl2NO. The molecule has 1 N–H and O–H groups in total. The zero-order valence-electron chi connectivity index (χ0n) is 10.6. The fraction of sp³-hybridized carbons (Fsp3) is 0.200. The molecule has 0 aliphatic rings. The fourth-order valence-electron chi connectivity index (χ4n) is 1.79. The Balaban J connectivity index is 2.12. The Labute approximate surface area is 123 Å². The largest absolute Gasteiger partial charge is 0.489 e. The quantitative estimate of drug-likeness (QED) is 0.888. The predicted molar refractivity (Wildman–Crippen MR) is 80.0 cm³/mol. The van der Waals surface area contributed by atoms with Gasteiger partial charge in [0.2, 0.25) is 0 Å². The lowest BCUT2D eigenvalue weighted by molar-refractivity contribution is 0.302. The van der Waals surface area contributed by atoms with Crippen LogP contribution in [0.1, 0.15) is 11.1 Å². The minimum Gasteiger partial charge on any atom is -0.489 e. The summed E-state index contributed by atoms with van der Waals surface area (Å²) < 4.78 is 5.83. The Morgan fingerprint density at radius 3 is 2.63 bits per heavy atom. The summed E-state index contributed by atoms with van der Waals surface area (Å²) in [6, 6.07) is 13.3. The molecule has 0 saturated carbocycles. The monoisotopic (exact) mass is 295 g/mol. The van der Waals surface area contributed by atoms with Gasteiger partial charge in [-0.2, -0.15) is 0 Å². The standard InChI is InChI=1S/C15H15Cl2NO/c1-18-9-11-4-2-3-5-15(11)19-10-12-8-13(16)6-7-14(12)17/h2-8,18H,9-10H2,1H3. The predicted octanol–water partition coefficient (Wildman–Crippen LogP) is 4.29. The highest BCUT2D eigenvalue weighted by Crippen LogP contribution is 2.24. The van der Waals surface area contributed by atoms with Crippen molar-refractivity contribution in [2.24, 2.45) is 0 Å². The van der Waals surface area contributed by atoms with Crippen molar-refractivity contribution in [2.75, 3.05) is 7.05 Å². The van der Waals surface area contributed by atoms with Crippen LogP contribution in [-0.4, -0.2) is 7.05 Å². The zero-order chi connectivity index (χ0) is 13.7. The highest BCUT2D eigenvalue weighted by atomic mass is 35.5. The first-order chi connectivity index (χ1) is 9.20. The Morgan fingerprint density at radius 1 is 1.05 bits per heavy atom. The van der Waals surface area contributed by atoms with Gasteiger partial charge in [-0.1, -0.05) is 41.4 Å². The maximum atomic E-state index is 6.11. The third kappa shape index (κ3) is 3.87. The highest BCUT2D eigenvalue weighted by Gasteiger charge is 2.05. The molecular weight excluding hydrogens is 281 g/mol. The normalized spacial score (nSPS) is 10.5. The van der Waals surface area contributed by atoms with E-state index in [1.165, 1.54) is 0 Å². The van der Waals surface area contributed by atoms with Gasteiger partial charge in [0.25, 0.3) is 0 Å². The van der Waals surface area contributed by atoms with E-state index < -0.39 is 0 Å². The van der Waals surface area contributed by atoms with Crippen molar-refractivity contribution >= 4 is 23.2 Å². The molecule has 2 aromatic carbocycles. The van der Waals surface area contributed by atoms with Crippen molar-refractivity contribution in [2.45, 2.75) is 13.2 Å². The number of halogens is 2. The second-order valence-electron chi connectivity index (χ2n) is 4.16. The first kappa shape index (κ1) is 14.2. The van der Waals surface area contributed by atoms with E-state index in [4.69, 9.17) is 27.9 Å². The lowest BCUT2D eigenvalue weighted by Crippen LogP contribution is -2.07. The minimum absolute atomic E-state index is 0.403. The van der Waals surface area contributed by atoms with E-state index in [1.807, 2.05) is 37.4 Å². The van der Waals surface area contributed by atoms with Gasteiger partial charge < -0.3 is 10.1 Å². The molecule has 2 nitrogen and oxygen atoms in total. The topological polar surface area (TPSA) is 21.3 Å². The van der Waals surface area contributed by atoms with Crippen LogP contribution in [0.25, 0.3) is 0 Å². The zero-order valence-corrected chi connectivity index (χ0v) is 12.1. The van der Waals surface area contributed by atoms with Gasteiger partial charge in [-0.05, 0) is 31.3 Å². The van der Waals surface area contributed by atoms with Gasteiger partial charge in [0.1, 0.15) is 12.4 Å². The molecule has 0 unspecified atom stereocenters. The van der Waals surface area contributed by atoms with Crippen LogP contribution in [0.2, 0.25) is 10.0 Å². The van der Waals surface area contributed by atoms with Gasteiger partial charge in [-0.25, -0.2) is 0 Å². The van der Waals surface area contributed by atoms with Crippen molar-refractivity contribution in [3.05, 3.63) is 63.6 Å². The maximum Gasteiger partial charge on any atom is 0.124 e. The Bertz CT molecular complexity index is 558. The lowest BCUT2D eigenvalue weighted by Gasteiger charge is -2.12. The molecule has 0 aliphatic heterocycles. The third-order valence-electron chi connectivity index (χ3n) is 2.73. The van der Waals surface area contributed by atoms with E-state index in [1.54, 1.807) is 12.1 Å². The molecule has 2 rings (SSSR count). The van der Waals surface area contributed by atoms with E-state index in [0.717, 1.165) is 23.4 Å². The number of benzene rings is 2. The molecule has 0 heterocycles. The molecule has 0 radical (unpaired) electrons. The van der Waals surface area contributed by atoms with Crippen molar-refractivity contribution in [3.8, 4) is 5.75 Å². The fourth-order valence-corrected chi connectivity index (χ4v) is 2.16. The van der Waals surface area contributed by atoms with Gasteiger partial charge in [0.05, 0.1) is 0 Å². The molecule has 0 aromatic heterocycles. The van der Waals surface area contributed by atoms with Crippen molar-refractivity contribution < 1.29 is 4.74 Å². The molecule has 0 saturated heterocycles. The van der Waals surface area contributed by atoms with Gasteiger partial charge in [0, 0.05) is 27.7 Å². The number of hydrogen-bond donors (Lipinski definition) is 1. The number of nitrogens with one attached hydrogen (secondary N) is 1. The van der Waals surface area contributed by atoms with Gasteiger partial charge in [-0.3, -0.25) is 0 Å². The van der Waals surface area contributed by atoms with Crippen LogP contribution in [0.3, 0.4) is 0 Å². The summed E-state index contributed by atoms with van der Waals surface area (Å²) >= 11 is 12.1.